The summed E-state index contributed by atoms with van der Waals surface area (Å²) in [6, 6.07) is 5.74. The fraction of sp³-hybridized carbons (Fsp3) is 0.667. The largest absolute Gasteiger partial charge is 0.504 e. The van der Waals surface area contributed by atoms with Gasteiger partial charge in [0, 0.05) is 0 Å². The first kappa shape index (κ1) is 16.2. The second kappa shape index (κ2) is 7.69. The summed E-state index contributed by atoms with van der Waals surface area (Å²) < 4.78 is 6.35. The minimum atomic E-state index is 0.251. The maximum atomic E-state index is 9.77. The van der Waals surface area contributed by atoms with Gasteiger partial charge in [0.25, 0.3) is 0 Å². The van der Waals surface area contributed by atoms with Gasteiger partial charge < -0.3 is 14.3 Å². The molecule has 1 aromatic carbocycles. The summed E-state index contributed by atoms with van der Waals surface area (Å²) in [5.74, 6) is 0.808. The SMILES string of the molecule is COc1ccc(CCCCC[N+]2(C)CCCCC2)cc1O. The maximum absolute atomic E-state index is 9.77. The van der Waals surface area contributed by atoms with E-state index in [1.165, 1.54) is 68.2 Å². The molecule has 3 heteroatoms. The lowest BCUT2D eigenvalue weighted by Gasteiger charge is -2.37. The van der Waals surface area contributed by atoms with E-state index in [4.69, 9.17) is 4.74 Å². The number of hydrogen-bond acceptors (Lipinski definition) is 2. The normalized spacial score (nSPS) is 17.6. The number of rotatable bonds is 7. The fourth-order valence-electron chi connectivity index (χ4n) is 3.39. The topological polar surface area (TPSA) is 29.5 Å². The van der Waals surface area contributed by atoms with Gasteiger partial charge in [0.2, 0.25) is 0 Å². The van der Waals surface area contributed by atoms with Crippen molar-refractivity contribution in [3.63, 3.8) is 0 Å². The van der Waals surface area contributed by atoms with E-state index in [0.717, 1.165) is 6.42 Å². The van der Waals surface area contributed by atoms with E-state index in [9.17, 15) is 5.11 Å². The fourth-order valence-corrected chi connectivity index (χ4v) is 3.39. The summed E-state index contributed by atoms with van der Waals surface area (Å²) in [5.41, 5.74) is 1.20. The monoisotopic (exact) mass is 292 g/mol. The number of hydrogen-bond donors (Lipinski definition) is 1. The van der Waals surface area contributed by atoms with Crippen molar-refractivity contribution in [1.82, 2.24) is 0 Å². The Hall–Kier alpha value is -1.22. The van der Waals surface area contributed by atoms with Crippen LogP contribution in [0, 0.1) is 0 Å². The van der Waals surface area contributed by atoms with Crippen LogP contribution in [0.5, 0.6) is 11.5 Å². The lowest BCUT2D eigenvalue weighted by atomic mass is 10.0. The molecule has 21 heavy (non-hydrogen) atoms. The third-order valence-electron chi connectivity index (χ3n) is 4.80. The lowest BCUT2D eigenvalue weighted by molar-refractivity contribution is -0.914. The predicted molar refractivity (Wildman–Crippen MR) is 86.9 cm³/mol. The van der Waals surface area contributed by atoms with Crippen LogP contribution in [0.15, 0.2) is 18.2 Å². The highest BCUT2D eigenvalue weighted by atomic mass is 16.5. The summed E-state index contributed by atoms with van der Waals surface area (Å²) >= 11 is 0. The van der Waals surface area contributed by atoms with Crippen molar-refractivity contribution in [2.75, 3.05) is 33.8 Å². The number of phenolic OH excluding ortho intramolecular Hbond substituents is 1. The molecule has 3 nitrogen and oxygen atoms in total. The van der Waals surface area contributed by atoms with Gasteiger partial charge >= 0.3 is 0 Å². The van der Waals surface area contributed by atoms with Crippen LogP contribution in [-0.2, 0) is 6.42 Å². The number of ether oxygens (including phenoxy) is 1. The summed E-state index contributed by atoms with van der Waals surface area (Å²) in [4.78, 5) is 0. The third kappa shape index (κ3) is 4.92. The summed E-state index contributed by atoms with van der Waals surface area (Å²) in [6.07, 6.45) is 9.07. The van der Waals surface area contributed by atoms with Crippen LogP contribution >= 0.6 is 0 Å². The molecule has 0 aromatic heterocycles. The molecule has 0 bridgehead atoms. The Kier molecular flexibility index (Phi) is 5.92. The van der Waals surface area contributed by atoms with Crippen LogP contribution in [0.3, 0.4) is 0 Å². The molecule has 118 valence electrons. The first-order chi connectivity index (χ1) is 10.1. The molecule has 1 heterocycles. The van der Waals surface area contributed by atoms with Gasteiger partial charge in [-0.2, -0.15) is 0 Å². The van der Waals surface area contributed by atoms with Gasteiger partial charge in [-0.15, -0.1) is 0 Å². The van der Waals surface area contributed by atoms with E-state index in [-0.39, 0.29) is 5.75 Å². The maximum Gasteiger partial charge on any atom is 0.160 e. The Morgan fingerprint density at radius 3 is 2.52 bits per heavy atom. The predicted octanol–water partition coefficient (Wildman–Crippen LogP) is 3.74. The molecule has 1 fully saturated rings. The van der Waals surface area contributed by atoms with Gasteiger partial charge in [0.1, 0.15) is 0 Å². The smallest absolute Gasteiger partial charge is 0.160 e. The third-order valence-corrected chi connectivity index (χ3v) is 4.80. The van der Waals surface area contributed by atoms with Crippen molar-refractivity contribution in [1.29, 1.82) is 0 Å². The van der Waals surface area contributed by atoms with Crippen molar-refractivity contribution >= 4 is 0 Å². The zero-order valence-corrected chi connectivity index (χ0v) is 13.6. The number of nitrogens with zero attached hydrogens (tertiary/aromatic N) is 1. The number of aromatic hydroxyl groups is 1. The Bertz CT molecular complexity index is 439. The molecule has 0 saturated carbocycles. The minimum absolute atomic E-state index is 0.251. The number of likely N-dealkylation sites (tertiary alicyclic amines) is 1. The lowest BCUT2D eigenvalue weighted by Crippen LogP contribution is -2.48. The number of unbranched alkanes of at least 4 members (excludes halogenated alkanes) is 2. The Balaban J connectivity index is 1.66. The van der Waals surface area contributed by atoms with E-state index in [1.807, 2.05) is 12.1 Å². The molecule has 1 aromatic rings. The molecule has 0 unspecified atom stereocenters. The zero-order chi connectivity index (χ0) is 15.1. The molecule has 2 rings (SSSR count). The van der Waals surface area contributed by atoms with E-state index < -0.39 is 0 Å². The molecular formula is C18H30NO2+. The van der Waals surface area contributed by atoms with Gasteiger partial charge in [-0.1, -0.05) is 6.07 Å². The van der Waals surface area contributed by atoms with Gasteiger partial charge in [0.05, 0.1) is 33.8 Å². The second-order valence-corrected chi connectivity index (χ2v) is 6.67. The van der Waals surface area contributed by atoms with Crippen LogP contribution in [0.2, 0.25) is 0 Å². The number of methoxy groups -OCH3 is 1. The Labute approximate surface area is 129 Å². The van der Waals surface area contributed by atoms with Crippen molar-refractivity contribution < 1.29 is 14.3 Å². The Morgan fingerprint density at radius 1 is 1.10 bits per heavy atom. The average molecular weight is 292 g/mol. The van der Waals surface area contributed by atoms with E-state index in [2.05, 4.69) is 13.1 Å². The first-order valence-electron chi connectivity index (χ1n) is 8.32. The van der Waals surface area contributed by atoms with Crippen LogP contribution in [0.1, 0.15) is 44.1 Å². The van der Waals surface area contributed by atoms with Crippen molar-refractivity contribution in [3.05, 3.63) is 23.8 Å². The van der Waals surface area contributed by atoms with Gasteiger partial charge in [-0.3, -0.25) is 0 Å². The average Bonchev–Trinajstić information content (AvgIpc) is 2.48. The second-order valence-electron chi connectivity index (χ2n) is 6.67. The van der Waals surface area contributed by atoms with Gasteiger partial charge in [-0.05, 0) is 62.6 Å². The number of phenols is 1. The van der Waals surface area contributed by atoms with Crippen molar-refractivity contribution in [2.45, 2.75) is 44.9 Å². The molecule has 0 radical (unpaired) electrons. The van der Waals surface area contributed by atoms with Gasteiger partial charge in [-0.25, -0.2) is 0 Å². The molecule has 1 N–H and O–H groups in total. The molecular weight excluding hydrogens is 262 g/mol. The highest BCUT2D eigenvalue weighted by Gasteiger charge is 2.23. The molecule has 0 atom stereocenters. The minimum Gasteiger partial charge on any atom is -0.504 e. The summed E-state index contributed by atoms with van der Waals surface area (Å²) in [5, 5.41) is 9.77. The van der Waals surface area contributed by atoms with Crippen molar-refractivity contribution in [2.24, 2.45) is 0 Å². The summed E-state index contributed by atoms with van der Waals surface area (Å²) in [7, 11) is 4.00. The number of piperidine rings is 1. The molecule has 1 aliphatic rings. The number of quaternary nitrogens is 1. The van der Waals surface area contributed by atoms with Crippen molar-refractivity contribution in [3.8, 4) is 11.5 Å². The first-order valence-corrected chi connectivity index (χ1v) is 8.32. The standard InChI is InChI=1S/C18H29NO2/c1-19(13-7-4-8-14-19)12-6-3-5-9-16-10-11-18(21-2)17(20)15-16/h10-11,15H,3-9,12-14H2,1-2H3/p+1. The molecule has 0 spiro atoms. The molecule has 1 saturated heterocycles. The zero-order valence-electron chi connectivity index (χ0n) is 13.6. The van der Waals surface area contributed by atoms with Crippen LogP contribution < -0.4 is 4.74 Å². The van der Waals surface area contributed by atoms with Crippen LogP contribution in [0.4, 0.5) is 0 Å². The van der Waals surface area contributed by atoms with Crippen LogP contribution in [0.25, 0.3) is 0 Å². The molecule has 0 aliphatic carbocycles. The van der Waals surface area contributed by atoms with E-state index in [0.29, 0.717) is 5.75 Å². The quantitative estimate of drug-likeness (QED) is 0.613. The Morgan fingerprint density at radius 2 is 1.86 bits per heavy atom. The molecule has 0 amide bonds. The highest BCUT2D eigenvalue weighted by Crippen LogP contribution is 2.27. The number of benzene rings is 1. The van der Waals surface area contributed by atoms with E-state index in [1.54, 1.807) is 7.11 Å². The summed E-state index contributed by atoms with van der Waals surface area (Å²) in [6.45, 7) is 4.06. The van der Waals surface area contributed by atoms with Crippen LogP contribution in [-0.4, -0.2) is 43.4 Å². The van der Waals surface area contributed by atoms with E-state index >= 15 is 0 Å². The highest BCUT2D eigenvalue weighted by molar-refractivity contribution is 5.41. The van der Waals surface area contributed by atoms with Gasteiger partial charge in [0.15, 0.2) is 11.5 Å². The number of aryl methyl sites for hydroxylation is 1. The molecule has 1 aliphatic heterocycles.